The smallest absolute Gasteiger partial charge is 0.276 e. The lowest BCUT2D eigenvalue weighted by Gasteiger charge is -1.82. The molecular formula is C6H7N5O. The molecule has 0 aliphatic rings. The van der Waals surface area contributed by atoms with Gasteiger partial charge in [-0.2, -0.15) is 0 Å². The van der Waals surface area contributed by atoms with Crippen molar-refractivity contribution < 1.29 is 0 Å². The molecule has 6 nitrogen and oxygen atoms in total. The number of fused-ring (bicyclic) bond motifs is 1. The van der Waals surface area contributed by atoms with Crippen LogP contribution in [0.3, 0.4) is 0 Å². The van der Waals surface area contributed by atoms with Crippen molar-refractivity contribution in [3.8, 4) is 0 Å². The summed E-state index contributed by atoms with van der Waals surface area (Å²) in [6.07, 6.45) is 1.31. The SMILES string of the molecule is NCc1nc2nc[nH]c(=O)c2[nH]1. The molecule has 6 heteroatoms. The van der Waals surface area contributed by atoms with Crippen LogP contribution in [-0.2, 0) is 6.54 Å². The Kier molecular flexibility index (Phi) is 1.41. The van der Waals surface area contributed by atoms with Crippen LogP contribution in [0.4, 0.5) is 0 Å². The summed E-state index contributed by atoms with van der Waals surface area (Å²) >= 11 is 0. The Labute approximate surface area is 66.8 Å². The van der Waals surface area contributed by atoms with Crippen LogP contribution >= 0.6 is 0 Å². The Morgan fingerprint density at radius 1 is 1.58 bits per heavy atom. The number of nitrogens with two attached hydrogens (primary N) is 1. The first-order chi connectivity index (χ1) is 5.81. The van der Waals surface area contributed by atoms with Gasteiger partial charge >= 0.3 is 0 Å². The molecule has 2 aromatic heterocycles. The third kappa shape index (κ3) is 0.892. The molecule has 4 N–H and O–H groups in total. The minimum Gasteiger partial charge on any atom is -0.335 e. The second-order valence-corrected chi connectivity index (χ2v) is 2.32. The van der Waals surface area contributed by atoms with Crippen LogP contribution in [0.5, 0.6) is 0 Å². The lowest BCUT2D eigenvalue weighted by Crippen LogP contribution is -2.05. The summed E-state index contributed by atoms with van der Waals surface area (Å²) in [7, 11) is 0. The molecule has 0 aliphatic heterocycles. The average Bonchev–Trinajstić information content (AvgIpc) is 2.49. The van der Waals surface area contributed by atoms with E-state index in [1.165, 1.54) is 6.33 Å². The fraction of sp³-hybridized carbons (Fsp3) is 0.167. The molecule has 0 spiro atoms. The number of nitrogens with zero attached hydrogens (tertiary/aromatic N) is 2. The molecule has 0 unspecified atom stereocenters. The van der Waals surface area contributed by atoms with E-state index < -0.39 is 0 Å². The van der Waals surface area contributed by atoms with E-state index in [-0.39, 0.29) is 12.1 Å². The molecule has 0 atom stereocenters. The van der Waals surface area contributed by atoms with Gasteiger partial charge in [-0.15, -0.1) is 0 Å². The van der Waals surface area contributed by atoms with Crippen molar-refractivity contribution in [2.75, 3.05) is 0 Å². The molecule has 0 saturated carbocycles. The van der Waals surface area contributed by atoms with Crippen molar-refractivity contribution in [1.29, 1.82) is 0 Å². The van der Waals surface area contributed by atoms with Gasteiger partial charge in [0.15, 0.2) is 11.2 Å². The highest BCUT2D eigenvalue weighted by molar-refractivity contribution is 5.68. The van der Waals surface area contributed by atoms with Gasteiger partial charge in [0.2, 0.25) is 0 Å². The van der Waals surface area contributed by atoms with Gasteiger partial charge in [-0.05, 0) is 0 Å². The molecule has 2 rings (SSSR count). The molecule has 0 amide bonds. The first kappa shape index (κ1) is 6.99. The number of aromatic nitrogens is 4. The van der Waals surface area contributed by atoms with E-state index in [1.807, 2.05) is 0 Å². The van der Waals surface area contributed by atoms with Gasteiger partial charge in [-0.3, -0.25) is 4.79 Å². The Bertz CT molecular complexity index is 456. The summed E-state index contributed by atoms with van der Waals surface area (Å²) < 4.78 is 0. The summed E-state index contributed by atoms with van der Waals surface area (Å²) in [5.74, 6) is 0.564. The maximum Gasteiger partial charge on any atom is 0.276 e. The first-order valence-corrected chi connectivity index (χ1v) is 3.43. The van der Waals surface area contributed by atoms with E-state index in [1.54, 1.807) is 0 Å². The molecule has 0 aromatic carbocycles. The zero-order valence-corrected chi connectivity index (χ0v) is 6.16. The molecule has 12 heavy (non-hydrogen) atoms. The van der Waals surface area contributed by atoms with Gasteiger partial charge in [0.05, 0.1) is 12.9 Å². The standard InChI is InChI=1S/C6H7N5O/c7-1-3-10-4-5(11-3)8-2-9-6(4)12/h2H,1,7H2,(H2,8,9,10,11,12). The molecular weight excluding hydrogens is 158 g/mol. The van der Waals surface area contributed by atoms with E-state index in [0.29, 0.717) is 17.0 Å². The minimum atomic E-state index is -0.229. The Morgan fingerprint density at radius 2 is 2.42 bits per heavy atom. The van der Waals surface area contributed by atoms with Crippen molar-refractivity contribution in [1.82, 2.24) is 19.9 Å². The second kappa shape index (κ2) is 2.42. The molecule has 62 valence electrons. The van der Waals surface area contributed by atoms with E-state index in [2.05, 4.69) is 19.9 Å². The molecule has 0 aliphatic carbocycles. The first-order valence-electron chi connectivity index (χ1n) is 3.43. The lowest BCUT2D eigenvalue weighted by atomic mass is 10.5. The topological polar surface area (TPSA) is 100 Å². The van der Waals surface area contributed by atoms with Crippen LogP contribution in [0.2, 0.25) is 0 Å². The number of rotatable bonds is 1. The Hall–Kier alpha value is -1.69. The highest BCUT2D eigenvalue weighted by atomic mass is 16.1. The van der Waals surface area contributed by atoms with Crippen molar-refractivity contribution in [2.45, 2.75) is 6.54 Å². The third-order valence-electron chi connectivity index (χ3n) is 1.54. The zero-order valence-electron chi connectivity index (χ0n) is 6.16. The monoisotopic (exact) mass is 165 g/mol. The van der Waals surface area contributed by atoms with Gasteiger partial charge < -0.3 is 15.7 Å². The van der Waals surface area contributed by atoms with Gasteiger partial charge in [-0.1, -0.05) is 0 Å². The summed E-state index contributed by atoms with van der Waals surface area (Å²) in [5.41, 5.74) is 5.88. The van der Waals surface area contributed by atoms with Crippen LogP contribution in [0.25, 0.3) is 11.2 Å². The van der Waals surface area contributed by atoms with Crippen LogP contribution in [0, 0.1) is 0 Å². The number of hydrogen-bond donors (Lipinski definition) is 3. The zero-order chi connectivity index (χ0) is 8.55. The van der Waals surface area contributed by atoms with E-state index in [0.717, 1.165) is 0 Å². The molecule has 0 fully saturated rings. The molecule has 2 heterocycles. The summed E-state index contributed by atoms with van der Waals surface area (Å²) in [6, 6.07) is 0. The quantitative estimate of drug-likeness (QED) is 0.510. The van der Waals surface area contributed by atoms with Crippen LogP contribution in [-0.4, -0.2) is 19.9 Å². The molecule has 2 aromatic rings. The maximum absolute atomic E-state index is 11.1. The minimum absolute atomic E-state index is 0.229. The predicted octanol–water partition coefficient (Wildman–Crippen LogP) is -0.895. The Morgan fingerprint density at radius 3 is 3.08 bits per heavy atom. The fourth-order valence-electron chi connectivity index (χ4n) is 0.984. The molecule has 0 radical (unpaired) electrons. The largest absolute Gasteiger partial charge is 0.335 e. The summed E-state index contributed by atoms with van der Waals surface area (Å²) in [4.78, 5) is 24.1. The van der Waals surface area contributed by atoms with Gasteiger partial charge in [0.25, 0.3) is 5.56 Å². The fourth-order valence-corrected chi connectivity index (χ4v) is 0.984. The van der Waals surface area contributed by atoms with E-state index in [9.17, 15) is 4.79 Å². The van der Waals surface area contributed by atoms with E-state index >= 15 is 0 Å². The van der Waals surface area contributed by atoms with Crippen LogP contribution in [0.15, 0.2) is 11.1 Å². The number of hydrogen-bond acceptors (Lipinski definition) is 4. The number of H-pyrrole nitrogens is 2. The summed E-state index contributed by atoms with van der Waals surface area (Å²) in [5, 5.41) is 0. The lowest BCUT2D eigenvalue weighted by molar-refractivity contribution is 0.956. The normalized spacial score (nSPS) is 10.8. The third-order valence-corrected chi connectivity index (χ3v) is 1.54. The van der Waals surface area contributed by atoms with Crippen molar-refractivity contribution in [2.24, 2.45) is 5.73 Å². The van der Waals surface area contributed by atoms with Crippen molar-refractivity contribution in [3.63, 3.8) is 0 Å². The highest BCUT2D eigenvalue weighted by Gasteiger charge is 2.04. The van der Waals surface area contributed by atoms with Gasteiger partial charge in [0, 0.05) is 0 Å². The maximum atomic E-state index is 11.1. The second-order valence-electron chi connectivity index (χ2n) is 2.32. The van der Waals surface area contributed by atoms with Crippen molar-refractivity contribution in [3.05, 3.63) is 22.5 Å². The number of aromatic amines is 2. The van der Waals surface area contributed by atoms with Gasteiger partial charge in [-0.25, -0.2) is 9.97 Å². The highest BCUT2D eigenvalue weighted by Crippen LogP contribution is 2.00. The Balaban J connectivity index is 2.83. The predicted molar refractivity (Wildman–Crippen MR) is 42.4 cm³/mol. The summed E-state index contributed by atoms with van der Waals surface area (Å²) in [6.45, 7) is 0.274. The van der Waals surface area contributed by atoms with Crippen LogP contribution < -0.4 is 11.3 Å². The van der Waals surface area contributed by atoms with E-state index in [4.69, 9.17) is 5.73 Å². The van der Waals surface area contributed by atoms with Crippen LogP contribution in [0.1, 0.15) is 5.82 Å². The average molecular weight is 165 g/mol. The number of nitrogens with one attached hydrogen (secondary N) is 2. The van der Waals surface area contributed by atoms with Gasteiger partial charge in [0.1, 0.15) is 5.82 Å². The van der Waals surface area contributed by atoms with Crippen molar-refractivity contribution >= 4 is 11.2 Å². The molecule has 0 saturated heterocycles. The number of imidazole rings is 1. The molecule has 0 bridgehead atoms.